The van der Waals surface area contributed by atoms with Crippen LogP contribution < -0.4 is 5.32 Å². The molecule has 0 aliphatic rings. The van der Waals surface area contributed by atoms with Crippen molar-refractivity contribution in [2.75, 3.05) is 11.9 Å². The Morgan fingerprint density at radius 3 is 2.56 bits per heavy atom. The van der Waals surface area contributed by atoms with Crippen molar-refractivity contribution >= 4 is 17.6 Å². The van der Waals surface area contributed by atoms with Crippen LogP contribution in [0.4, 0.5) is 10.1 Å². The molecule has 1 N–H and O–H groups in total. The van der Waals surface area contributed by atoms with E-state index in [4.69, 9.17) is 9.26 Å². The molecule has 4 aromatic rings. The third-order valence-corrected chi connectivity index (χ3v) is 4.57. The Kier molecular flexibility index (Phi) is 6.07. The number of benzene rings is 2. The minimum Gasteiger partial charge on any atom is -0.462 e. The Hall–Kier alpha value is -4.27. The average Bonchev–Trinajstić information content (AvgIpc) is 3.44. The van der Waals surface area contributed by atoms with Gasteiger partial charge in [-0.25, -0.2) is 9.18 Å². The predicted molar refractivity (Wildman–Crippen MR) is 114 cm³/mol. The van der Waals surface area contributed by atoms with Crippen LogP contribution in [0.2, 0.25) is 0 Å². The summed E-state index contributed by atoms with van der Waals surface area (Å²) in [4.78, 5) is 28.6. The Balaban J connectivity index is 1.43. The van der Waals surface area contributed by atoms with Gasteiger partial charge in [0.2, 0.25) is 11.7 Å². The van der Waals surface area contributed by atoms with Crippen molar-refractivity contribution in [2.45, 2.75) is 13.5 Å². The number of nitrogens with zero attached hydrogens (tertiary/aromatic N) is 3. The van der Waals surface area contributed by atoms with Crippen LogP contribution in [-0.2, 0) is 16.1 Å². The number of carbonyl (C=O) groups is 2. The van der Waals surface area contributed by atoms with E-state index in [-0.39, 0.29) is 24.2 Å². The minimum atomic E-state index is -0.415. The predicted octanol–water partition coefficient (Wildman–Crippen LogP) is 4.16. The van der Waals surface area contributed by atoms with Crippen LogP contribution in [0.25, 0.3) is 23.0 Å². The molecule has 0 atom stereocenters. The Labute approximate surface area is 182 Å². The maximum Gasteiger partial charge on any atom is 0.338 e. The highest BCUT2D eigenvalue weighted by Gasteiger charge is 2.16. The van der Waals surface area contributed by atoms with E-state index >= 15 is 0 Å². The number of ether oxygens (including phenoxy) is 1. The van der Waals surface area contributed by atoms with Crippen LogP contribution in [0.1, 0.15) is 17.3 Å². The molecule has 0 saturated heterocycles. The fourth-order valence-corrected chi connectivity index (χ4v) is 3.05. The molecule has 0 bridgehead atoms. The molecule has 0 spiro atoms. The van der Waals surface area contributed by atoms with Gasteiger partial charge >= 0.3 is 5.97 Å². The van der Waals surface area contributed by atoms with Gasteiger partial charge in [-0.15, -0.1) is 0 Å². The van der Waals surface area contributed by atoms with Crippen molar-refractivity contribution in [3.63, 3.8) is 0 Å². The molecule has 8 nitrogen and oxygen atoms in total. The molecule has 0 aliphatic carbocycles. The maximum atomic E-state index is 13.1. The molecule has 4 rings (SSSR count). The van der Waals surface area contributed by atoms with E-state index in [0.717, 1.165) is 0 Å². The topological polar surface area (TPSA) is 99.2 Å². The van der Waals surface area contributed by atoms with Gasteiger partial charge in [0.25, 0.3) is 5.89 Å². The number of hydrogen-bond acceptors (Lipinski definition) is 6. The maximum absolute atomic E-state index is 13.1. The van der Waals surface area contributed by atoms with Crippen molar-refractivity contribution in [1.29, 1.82) is 0 Å². The SMILES string of the molecule is CCOC(=O)c1ccc(NC(=O)Cn2cccc2-c2nc(-c3ccc(F)cc3)no2)cc1. The number of rotatable bonds is 7. The standard InChI is InChI=1S/C23H19FN4O4/c1-2-31-23(30)16-7-11-18(12-8-16)25-20(29)14-28-13-3-4-19(28)22-26-21(27-32-22)15-5-9-17(24)10-6-15/h3-13H,2,14H2,1H3,(H,25,29). The van der Waals surface area contributed by atoms with Gasteiger partial charge in [-0.3, -0.25) is 4.79 Å². The Bertz CT molecular complexity index is 1230. The van der Waals surface area contributed by atoms with Gasteiger partial charge in [0.05, 0.1) is 12.2 Å². The van der Waals surface area contributed by atoms with Crippen molar-refractivity contribution < 1.29 is 23.2 Å². The Morgan fingerprint density at radius 2 is 1.84 bits per heavy atom. The quantitative estimate of drug-likeness (QED) is 0.439. The Morgan fingerprint density at radius 1 is 1.09 bits per heavy atom. The zero-order valence-electron chi connectivity index (χ0n) is 17.1. The first kappa shape index (κ1) is 21.0. The summed E-state index contributed by atoms with van der Waals surface area (Å²) in [5.74, 6) is -0.487. The van der Waals surface area contributed by atoms with Crippen LogP contribution in [0.15, 0.2) is 71.4 Å². The lowest BCUT2D eigenvalue weighted by Gasteiger charge is -2.09. The number of halogens is 1. The molecule has 2 aromatic carbocycles. The summed E-state index contributed by atoms with van der Waals surface area (Å²) < 4.78 is 25.1. The smallest absolute Gasteiger partial charge is 0.338 e. The molecule has 2 heterocycles. The second-order valence-electron chi connectivity index (χ2n) is 6.80. The van der Waals surface area contributed by atoms with Gasteiger partial charge in [0.15, 0.2) is 0 Å². The third kappa shape index (κ3) is 4.72. The second-order valence-corrected chi connectivity index (χ2v) is 6.80. The number of nitrogens with one attached hydrogen (secondary N) is 1. The normalized spacial score (nSPS) is 10.7. The first-order chi connectivity index (χ1) is 15.5. The molecule has 0 unspecified atom stereocenters. The zero-order valence-corrected chi connectivity index (χ0v) is 17.1. The van der Waals surface area contributed by atoms with E-state index in [9.17, 15) is 14.0 Å². The molecule has 32 heavy (non-hydrogen) atoms. The minimum absolute atomic E-state index is 0.0101. The first-order valence-electron chi connectivity index (χ1n) is 9.85. The molecule has 1 amide bonds. The summed E-state index contributed by atoms with van der Waals surface area (Å²) in [6.07, 6.45) is 1.72. The first-order valence-corrected chi connectivity index (χ1v) is 9.85. The van der Waals surface area contributed by atoms with Crippen molar-refractivity contribution in [3.05, 3.63) is 78.2 Å². The fourth-order valence-electron chi connectivity index (χ4n) is 3.05. The number of amides is 1. The van der Waals surface area contributed by atoms with Crippen LogP contribution in [0.3, 0.4) is 0 Å². The van der Waals surface area contributed by atoms with E-state index in [1.807, 2.05) is 0 Å². The number of carbonyl (C=O) groups excluding carboxylic acids is 2. The summed E-state index contributed by atoms with van der Waals surface area (Å²) >= 11 is 0. The molecule has 0 aliphatic heterocycles. The number of anilines is 1. The summed E-state index contributed by atoms with van der Waals surface area (Å²) in [7, 11) is 0. The zero-order chi connectivity index (χ0) is 22.5. The highest BCUT2D eigenvalue weighted by atomic mass is 19.1. The fraction of sp³-hybridized carbons (Fsp3) is 0.130. The molecule has 9 heteroatoms. The third-order valence-electron chi connectivity index (χ3n) is 4.57. The summed E-state index contributed by atoms with van der Waals surface area (Å²) in [5, 5.41) is 6.71. The summed E-state index contributed by atoms with van der Waals surface area (Å²) in [6.45, 7) is 2.04. The number of hydrogen-bond donors (Lipinski definition) is 1. The second kappa shape index (κ2) is 9.25. The monoisotopic (exact) mass is 434 g/mol. The molecule has 2 aromatic heterocycles. The van der Waals surface area contributed by atoms with Crippen LogP contribution in [0, 0.1) is 5.82 Å². The molecule has 162 valence electrons. The molecular formula is C23H19FN4O4. The van der Waals surface area contributed by atoms with Gasteiger partial charge in [-0.2, -0.15) is 4.98 Å². The van der Waals surface area contributed by atoms with E-state index < -0.39 is 5.97 Å². The molecule has 0 radical (unpaired) electrons. The lowest BCUT2D eigenvalue weighted by molar-refractivity contribution is -0.116. The van der Waals surface area contributed by atoms with Crippen molar-refractivity contribution in [3.8, 4) is 23.0 Å². The molecule has 0 fully saturated rings. The van der Waals surface area contributed by atoms with E-state index in [1.165, 1.54) is 12.1 Å². The molecular weight excluding hydrogens is 415 g/mol. The summed E-state index contributed by atoms with van der Waals surface area (Å²) in [5.41, 5.74) is 2.14. The average molecular weight is 434 g/mol. The van der Waals surface area contributed by atoms with E-state index in [2.05, 4.69) is 15.5 Å². The van der Waals surface area contributed by atoms with E-state index in [0.29, 0.717) is 34.9 Å². The highest BCUT2D eigenvalue weighted by Crippen LogP contribution is 2.23. The van der Waals surface area contributed by atoms with Crippen LogP contribution in [-0.4, -0.2) is 33.2 Å². The van der Waals surface area contributed by atoms with Crippen LogP contribution >= 0.6 is 0 Å². The van der Waals surface area contributed by atoms with Gasteiger partial charge in [-0.05, 0) is 67.6 Å². The van der Waals surface area contributed by atoms with Crippen molar-refractivity contribution in [2.24, 2.45) is 0 Å². The number of esters is 1. The van der Waals surface area contributed by atoms with Crippen molar-refractivity contribution in [1.82, 2.24) is 14.7 Å². The lowest BCUT2D eigenvalue weighted by atomic mass is 10.2. The summed E-state index contributed by atoms with van der Waals surface area (Å²) in [6, 6.07) is 15.7. The van der Waals surface area contributed by atoms with Crippen LogP contribution in [0.5, 0.6) is 0 Å². The van der Waals surface area contributed by atoms with Gasteiger partial charge in [0.1, 0.15) is 18.1 Å². The largest absolute Gasteiger partial charge is 0.462 e. The molecule has 0 saturated carbocycles. The number of aromatic nitrogens is 3. The van der Waals surface area contributed by atoms with E-state index in [1.54, 1.807) is 66.2 Å². The van der Waals surface area contributed by atoms with Gasteiger partial charge in [0, 0.05) is 17.4 Å². The van der Waals surface area contributed by atoms with Gasteiger partial charge in [-0.1, -0.05) is 5.16 Å². The highest BCUT2D eigenvalue weighted by molar-refractivity contribution is 5.93. The lowest BCUT2D eigenvalue weighted by Crippen LogP contribution is -2.19. The van der Waals surface area contributed by atoms with Gasteiger partial charge < -0.3 is 19.1 Å².